The molecule has 0 bridgehead atoms. The van der Waals surface area contributed by atoms with Crippen LogP contribution in [0.4, 0.5) is 0 Å². The van der Waals surface area contributed by atoms with Gasteiger partial charge in [-0.25, -0.2) is 4.79 Å². The number of rotatable bonds is 5. The van der Waals surface area contributed by atoms with E-state index >= 15 is 0 Å². The number of methoxy groups -OCH3 is 1. The van der Waals surface area contributed by atoms with Gasteiger partial charge in [0.05, 0.1) is 12.7 Å². The minimum atomic E-state index is -0.347. The number of aryl methyl sites for hydroxylation is 1. The number of benzene rings is 1. The lowest BCUT2D eigenvalue weighted by molar-refractivity contribution is 0.0601. The molecule has 4 nitrogen and oxygen atoms in total. The molecule has 18 heavy (non-hydrogen) atoms. The van der Waals surface area contributed by atoms with Crippen molar-refractivity contribution in [3.63, 3.8) is 0 Å². The molecule has 0 fully saturated rings. The van der Waals surface area contributed by atoms with Crippen LogP contribution in [0.3, 0.4) is 0 Å². The Kier molecular flexibility index (Phi) is 3.99. The molecule has 96 valence electrons. The fraction of sp³-hybridized carbons (Fsp3) is 0.357. The summed E-state index contributed by atoms with van der Waals surface area (Å²) in [5.41, 5.74) is 1.29. The maximum atomic E-state index is 11.4. The minimum absolute atomic E-state index is 0.201. The normalized spacial score (nSPS) is 10.8. The molecule has 1 aromatic carbocycles. The zero-order chi connectivity index (χ0) is 13.0. The van der Waals surface area contributed by atoms with Gasteiger partial charge in [0.2, 0.25) is 0 Å². The van der Waals surface area contributed by atoms with E-state index in [1.54, 1.807) is 18.2 Å². The Morgan fingerprint density at radius 2 is 2.17 bits per heavy atom. The Morgan fingerprint density at radius 3 is 2.89 bits per heavy atom. The van der Waals surface area contributed by atoms with Crippen molar-refractivity contribution >= 4 is 16.9 Å². The highest BCUT2D eigenvalue weighted by Gasteiger charge is 2.09. The average molecular weight is 248 g/mol. The lowest BCUT2D eigenvalue weighted by Crippen LogP contribution is -1.99. The van der Waals surface area contributed by atoms with Gasteiger partial charge in [-0.2, -0.15) is 0 Å². The first-order valence-corrected chi connectivity index (χ1v) is 5.96. The van der Waals surface area contributed by atoms with Crippen molar-refractivity contribution in [2.45, 2.75) is 19.3 Å². The van der Waals surface area contributed by atoms with E-state index in [9.17, 15) is 4.79 Å². The third kappa shape index (κ3) is 2.71. The van der Waals surface area contributed by atoms with E-state index in [1.807, 2.05) is 6.07 Å². The van der Waals surface area contributed by atoms with Gasteiger partial charge in [-0.1, -0.05) is 0 Å². The summed E-state index contributed by atoms with van der Waals surface area (Å²) < 4.78 is 10.3. The van der Waals surface area contributed by atoms with Gasteiger partial charge in [0.15, 0.2) is 0 Å². The summed E-state index contributed by atoms with van der Waals surface area (Å²) in [6.07, 6.45) is 2.45. The van der Waals surface area contributed by atoms with Crippen LogP contribution >= 0.6 is 0 Å². The van der Waals surface area contributed by atoms with E-state index in [0.717, 1.165) is 36.0 Å². The second kappa shape index (κ2) is 5.69. The highest BCUT2D eigenvalue weighted by molar-refractivity contribution is 5.94. The highest BCUT2D eigenvalue weighted by Crippen LogP contribution is 2.22. The molecular formula is C14H16O4. The molecule has 0 aliphatic rings. The second-order valence-electron chi connectivity index (χ2n) is 4.14. The van der Waals surface area contributed by atoms with Crippen molar-refractivity contribution < 1.29 is 19.1 Å². The van der Waals surface area contributed by atoms with Crippen LogP contribution in [0, 0.1) is 0 Å². The predicted molar refractivity (Wildman–Crippen MR) is 67.6 cm³/mol. The van der Waals surface area contributed by atoms with Crippen LogP contribution in [0.1, 0.15) is 29.0 Å². The molecule has 1 aromatic heterocycles. The molecule has 0 aliphatic carbocycles. The van der Waals surface area contributed by atoms with Crippen molar-refractivity contribution in [1.29, 1.82) is 0 Å². The molecule has 1 heterocycles. The number of carbonyl (C=O) groups excluding carboxylic acids is 1. The Labute approximate surface area is 105 Å². The average Bonchev–Trinajstić information content (AvgIpc) is 2.79. The number of furan rings is 1. The summed E-state index contributed by atoms with van der Waals surface area (Å²) in [7, 11) is 1.36. The third-order valence-electron chi connectivity index (χ3n) is 2.82. The summed E-state index contributed by atoms with van der Waals surface area (Å²) in [4.78, 5) is 11.4. The third-order valence-corrected chi connectivity index (χ3v) is 2.82. The molecule has 0 saturated carbocycles. The van der Waals surface area contributed by atoms with Crippen LogP contribution in [-0.4, -0.2) is 24.8 Å². The summed E-state index contributed by atoms with van der Waals surface area (Å²) >= 11 is 0. The van der Waals surface area contributed by atoms with Gasteiger partial charge in [0, 0.05) is 18.4 Å². The van der Waals surface area contributed by atoms with E-state index in [-0.39, 0.29) is 12.6 Å². The Balaban J connectivity index is 2.20. The van der Waals surface area contributed by atoms with Gasteiger partial charge < -0.3 is 14.3 Å². The topological polar surface area (TPSA) is 59.7 Å². The number of aliphatic hydroxyl groups is 1. The standard InChI is InChI=1S/C14H16O4/c1-17-14(16)10-5-6-13-11(8-10)9-12(18-13)4-2-3-7-15/h5-6,8-9,15H,2-4,7H2,1H3. The van der Waals surface area contributed by atoms with E-state index in [0.29, 0.717) is 5.56 Å². The Morgan fingerprint density at radius 1 is 1.33 bits per heavy atom. The zero-order valence-electron chi connectivity index (χ0n) is 10.3. The number of hydrogen-bond donors (Lipinski definition) is 1. The van der Waals surface area contributed by atoms with Gasteiger partial charge in [-0.3, -0.25) is 0 Å². The lowest BCUT2D eigenvalue weighted by Gasteiger charge is -1.97. The zero-order valence-corrected chi connectivity index (χ0v) is 10.3. The SMILES string of the molecule is COC(=O)c1ccc2oc(CCCCO)cc2c1. The van der Waals surface area contributed by atoms with Crippen LogP contribution in [0.15, 0.2) is 28.7 Å². The summed E-state index contributed by atoms with van der Waals surface area (Å²) in [5, 5.41) is 9.63. The Hall–Kier alpha value is -1.81. The van der Waals surface area contributed by atoms with Crippen molar-refractivity contribution in [2.75, 3.05) is 13.7 Å². The first kappa shape index (κ1) is 12.6. The molecule has 0 spiro atoms. The summed E-state index contributed by atoms with van der Waals surface area (Å²) in [6.45, 7) is 0.201. The van der Waals surface area contributed by atoms with Gasteiger partial charge in [0.25, 0.3) is 0 Å². The first-order valence-electron chi connectivity index (χ1n) is 5.96. The number of aliphatic hydroxyl groups excluding tert-OH is 1. The first-order chi connectivity index (χ1) is 8.74. The molecule has 0 aliphatic heterocycles. The van der Waals surface area contributed by atoms with Crippen molar-refractivity contribution in [3.05, 3.63) is 35.6 Å². The monoisotopic (exact) mass is 248 g/mol. The van der Waals surface area contributed by atoms with E-state index in [2.05, 4.69) is 4.74 Å². The van der Waals surface area contributed by atoms with Gasteiger partial charge in [-0.05, 0) is 37.1 Å². The van der Waals surface area contributed by atoms with Crippen LogP contribution in [-0.2, 0) is 11.2 Å². The van der Waals surface area contributed by atoms with Crippen molar-refractivity contribution in [3.8, 4) is 0 Å². The molecule has 0 saturated heterocycles. The van der Waals surface area contributed by atoms with Gasteiger partial charge in [0.1, 0.15) is 11.3 Å². The number of carbonyl (C=O) groups is 1. The van der Waals surface area contributed by atoms with E-state index < -0.39 is 0 Å². The molecular weight excluding hydrogens is 232 g/mol. The van der Waals surface area contributed by atoms with Gasteiger partial charge in [-0.15, -0.1) is 0 Å². The predicted octanol–water partition coefficient (Wildman–Crippen LogP) is 2.53. The maximum absolute atomic E-state index is 11.4. The van der Waals surface area contributed by atoms with Crippen LogP contribution in [0.2, 0.25) is 0 Å². The maximum Gasteiger partial charge on any atom is 0.337 e. The van der Waals surface area contributed by atoms with Crippen LogP contribution in [0.25, 0.3) is 11.0 Å². The molecule has 0 amide bonds. The van der Waals surface area contributed by atoms with Crippen molar-refractivity contribution in [2.24, 2.45) is 0 Å². The fourth-order valence-corrected chi connectivity index (χ4v) is 1.88. The quantitative estimate of drug-likeness (QED) is 0.652. The van der Waals surface area contributed by atoms with Gasteiger partial charge >= 0.3 is 5.97 Å². The summed E-state index contributed by atoms with van der Waals surface area (Å²) in [6, 6.07) is 7.16. The number of esters is 1. The molecule has 0 unspecified atom stereocenters. The molecule has 4 heteroatoms. The molecule has 0 atom stereocenters. The van der Waals surface area contributed by atoms with Crippen LogP contribution < -0.4 is 0 Å². The van der Waals surface area contributed by atoms with Crippen molar-refractivity contribution in [1.82, 2.24) is 0 Å². The van der Waals surface area contributed by atoms with Crippen LogP contribution in [0.5, 0.6) is 0 Å². The smallest absolute Gasteiger partial charge is 0.337 e. The molecule has 1 N–H and O–H groups in total. The second-order valence-corrected chi connectivity index (χ2v) is 4.14. The Bertz CT molecular complexity index is 542. The number of hydrogen-bond acceptors (Lipinski definition) is 4. The van der Waals surface area contributed by atoms with E-state index in [1.165, 1.54) is 7.11 Å². The molecule has 2 aromatic rings. The fourth-order valence-electron chi connectivity index (χ4n) is 1.88. The molecule has 2 rings (SSSR count). The lowest BCUT2D eigenvalue weighted by atomic mass is 10.1. The minimum Gasteiger partial charge on any atom is -0.465 e. The largest absolute Gasteiger partial charge is 0.465 e. The highest BCUT2D eigenvalue weighted by atomic mass is 16.5. The summed E-state index contributed by atoms with van der Waals surface area (Å²) in [5.74, 6) is 0.528. The number of unbranched alkanes of at least 4 members (excludes halogenated alkanes) is 1. The number of ether oxygens (including phenoxy) is 1. The van der Waals surface area contributed by atoms with E-state index in [4.69, 9.17) is 9.52 Å². The number of fused-ring (bicyclic) bond motifs is 1. The molecule has 0 radical (unpaired) electrons.